The largest absolute Gasteiger partial charge is 0.352 e. The van der Waals surface area contributed by atoms with Crippen molar-refractivity contribution in [3.8, 4) is 0 Å². The summed E-state index contributed by atoms with van der Waals surface area (Å²) in [5, 5.41) is 2.75. The topological polar surface area (TPSA) is 49.4 Å². The molecule has 1 N–H and O–H groups in total. The summed E-state index contributed by atoms with van der Waals surface area (Å²) in [6.07, 6.45) is 2.26. The molecule has 0 radical (unpaired) electrons. The highest BCUT2D eigenvalue weighted by Gasteiger charge is 2.18. The molecule has 0 saturated carbocycles. The van der Waals surface area contributed by atoms with E-state index in [0.29, 0.717) is 19.5 Å². The average molecular weight is 382 g/mol. The van der Waals surface area contributed by atoms with E-state index < -0.39 is 0 Å². The minimum atomic E-state index is -0.309. The Morgan fingerprint density at radius 2 is 1.86 bits per heavy atom. The van der Waals surface area contributed by atoms with Gasteiger partial charge in [0.2, 0.25) is 11.8 Å². The lowest BCUT2D eigenvalue weighted by Gasteiger charge is -2.24. The third-order valence-corrected chi connectivity index (χ3v) is 4.17. The molecule has 0 aliphatic carbocycles. The molecule has 28 heavy (non-hydrogen) atoms. The van der Waals surface area contributed by atoms with Crippen LogP contribution in [0.4, 0.5) is 10.1 Å². The molecule has 0 bridgehead atoms. The van der Waals surface area contributed by atoms with Crippen molar-refractivity contribution in [3.63, 3.8) is 0 Å². The zero-order valence-electron chi connectivity index (χ0n) is 16.5. The molecule has 0 heterocycles. The number of anilines is 1. The molecule has 4 nitrogen and oxygen atoms in total. The minimum absolute atomic E-state index is 0.00687. The molecule has 0 unspecified atom stereocenters. The molecule has 2 amide bonds. The Balaban J connectivity index is 2.25. The van der Waals surface area contributed by atoms with Crippen molar-refractivity contribution in [3.05, 3.63) is 78.1 Å². The summed E-state index contributed by atoms with van der Waals surface area (Å²) in [5.41, 5.74) is 2.39. The lowest BCUT2D eigenvalue weighted by molar-refractivity contribution is -0.120. The number of hydrogen-bond acceptors (Lipinski definition) is 2. The summed E-state index contributed by atoms with van der Waals surface area (Å²) >= 11 is 0. The summed E-state index contributed by atoms with van der Waals surface area (Å²) in [4.78, 5) is 26.5. The van der Waals surface area contributed by atoms with Gasteiger partial charge in [0.15, 0.2) is 0 Å². The molecule has 0 spiro atoms. The first-order valence-corrected chi connectivity index (χ1v) is 9.40. The van der Waals surface area contributed by atoms with E-state index in [0.717, 1.165) is 16.8 Å². The van der Waals surface area contributed by atoms with E-state index in [-0.39, 0.29) is 30.0 Å². The number of nitrogens with zero attached hydrogens (tertiary/aromatic N) is 1. The maximum Gasteiger partial charge on any atom is 0.227 e. The highest BCUT2D eigenvalue weighted by molar-refractivity contribution is 5.93. The van der Waals surface area contributed by atoms with Gasteiger partial charge in [-0.15, -0.1) is 6.58 Å². The third-order valence-electron chi connectivity index (χ3n) is 4.17. The van der Waals surface area contributed by atoms with Crippen molar-refractivity contribution in [1.82, 2.24) is 5.32 Å². The molecule has 0 aliphatic heterocycles. The Kier molecular flexibility index (Phi) is 7.93. The quantitative estimate of drug-likeness (QED) is 0.659. The van der Waals surface area contributed by atoms with Crippen LogP contribution in [-0.2, 0) is 22.6 Å². The number of halogens is 1. The Morgan fingerprint density at radius 3 is 2.50 bits per heavy atom. The fourth-order valence-corrected chi connectivity index (χ4v) is 2.82. The first-order valence-electron chi connectivity index (χ1n) is 9.40. The van der Waals surface area contributed by atoms with Gasteiger partial charge in [-0.05, 0) is 41.3 Å². The molecule has 2 aromatic rings. The van der Waals surface area contributed by atoms with Crippen molar-refractivity contribution >= 4 is 17.5 Å². The van der Waals surface area contributed by atoms with Gasteiger partial charge in [0, 0.05) is 18.7 Å². The van der Waals surface area contributed by atoms with Gasteiger partial charge >= 0.3 is 0 Å². The second kappa shape index (κ2) is 10.4. The Hall–Kier alpha value is -2.95. The molecule has 5 heteroatoms. The van der Waals surface area contributed by atoms with Crippen LogP contribution in [0.3, 0.4) is 0 Å². The number of rotatable bonds is 9. The van der Waals surface area contributed by atoms with Gasteiger partial charge in [-0.3, -0.25) is 9.59 Å². The Morgan fingerprint density at radius 1 is 1.14 bits per heavy atom. The summed E-state index contributed by atoms with van der Waals surface area (Å²) in [7, 11) is 0. The van der Waals surface area contributed by atoms with Crippen LogP contribution < -0.4 is 10.2 Å². The Labute approximate surface area is 166 Å². The maximum atomic E-state index is 13.2. The van der Waals surface area contributed by atoms with Gasteiger partial charge < -0.3 is 10.2 Å². The van der Waals surface area contributed by atoms with Crippen molar-refractivity contribution in [2.75, 3.05) is 11.4 Å². The minimum Gasteiger partial charge on any atom is -0.352 e. The van der Waals surface area contributed by atoms with Gasteiger partial charge in [0.1, 0.15) is 5.82 Å². The molecular formula is C23H27FN2O2. The van der Waals surface area contributed by atoms with Crippen LogP contribution in [0.5, 0.6) is 0 Å². The average Bonchev–Trinajstić information content (AvgIpc) is 2.65. The standard InChI is InChI=1S/C23H27FN2O2/c1-4-12-25-22(27)15-19-6-5-7-21(14-19)26(23(28)13-17(2)3)16-18-8-10-20(24)11-9-18/h4-11,14,17H,1,12-13,15-16H2,2-3H3,(H,25,27). The maximum absolute atomic E-state index is 13.2. The molecule has 2 aromatic carbocycles. The van der Waals surface area contributed by atoms with Crippen LogP contribution in [0.1, 0.15) is 31.4 Å². The molecule has 0 atom stereocenters. The van der Waals surface area contributed by atoms with Crippen LogP contribution in [0.25, 0.3) is 0 Å². The molecule has 0 aliphatic rings. The first kappa shape index (κ1) is 21.4. The lowest BCUT2D eigenvalue weighted by atomic mass is 10.1. The molecule has 0 aromatic heterocycles. The van der Waals surface area contributed by atoms with Crippen molar-refractivity contribution < 1.29 is 14.0 Å². The van der Waals surface area contributed by atoms with Gasteiger partial charge in [-0.1, -0.05) is 44.2 Å². The number of hydrogen-bond donors (Lipinski definition) is 1. The number of amides is 2. The number of carbonyl (C=O) groups excluding carboxylic acids is 2. The summed E-state index contributed by atoms with van der Waals surface area (Å²) in [6, 6.07) is 13.5. The summed E-state index contributed by atoms with van der Waals surface area (Å²) < 4.78 is 13.2. The predicted octanol–water partition coefficient (Wildman–Crippen LogP) is 4.25. The van der Waals surface area contributed by atoms with E-state index >= 15 is 0 Å². The van der Waals surface area contributed by atoms with Crippen molar-refractivity contribution in [1.29, 1.82) is 0 Å². The third kappa shape index (κ3) is 6.65. The monoisotopic (exact) mass is 382 g/mol. The molecule has 0 fully saturated rings. The predicted molar refractivity (Wildman–Crippen MR) is 110 cm³/mol. The second-order valence-electron chi connectivity index (χ2n) is 7.14. The normalized spacial score (nSPS) is 10.6. The van der Waals surface area contributed by atoms with Gasteiger partial charge in [-0.25, -0.2) is 4.39 Å². The molecule has 148 valence electrons. The van der Waals surface area contributed by atoms with E-state index in [1.807, 2.05) is 38.1 Å². The van der Waals surface area contributed by atoms with Crippen LogP contribution >= 0.6 is 0 Å². The first-order chi connectivity index (χ1) is 13.4. The highest BCUT2D eigenvalue weighted by atomic mass is 19.1. The van der Waals surface area contributed by atoms with Gasteiger partial charge in [-0.2, -0.15) is 0 Å². The smallest absolute Gasteiger partial charge is 0.227 e. The van der Waals surface area contributed by atoms with E-state index in [1.54, 1.807) is 23.1 Å². The van der Waals surface area contributed by atoms with E-state index in [1.165, 1.54) is 12.1 Å². The van der Waals surface area contributed by atoms with Crippen molar-refractivity contribution in [2.45, 2.75) is 33.2 Å². The number of benzene rings is 2. The fraction of sp³-hybridized carbons (Fsp3) is 0.304. The van der Waals surface area contributed by atoms with Crippen LogP contribution in [0, 0.1) is 11.7 Å². The van der Waals surface area contributed by atoms with Crippen LogP contribution in [-0.4, -0.2) is 18.4 Å². The second-order valence-corrected chi connectivity index (χ2v) is 7.14. The van der Waals surface area contributed by atoms with Crippen molar-refractivity contribution in [2.24, 2.45) is 5.92 Å². The summed E-state index contributed by atoms with van der Waals surface area (Å²) in [6.45, 7) is 8.34. The van der Waals surface area contributed by atoms with E-state index in [4.69, 9.17) is 0 Å². The SMILES string of the molecule is C=CCNC(=O)Cc1cccc(N(Cc2ccc(F)cc2)C(=O)CC(C)C)c1. The molecule has 2 rings (SSSR count). The zero-order valence-corrected chi connectivity index (χ0v) is 16.5. The Bertz CT molecular complexity index is 816. The van der Waals surface area contributed by atoms with Crippen LogP contribution in [0.2, 0.25) is 0 Å². The fourth-order valence-electron chi connectivity index (χ4n) is 2.82. The number of nitrogens with one attached hydrogen (secondary N) is 1. The van der Waals surface area contributed by atoms with Gasteiger partial charge in [0.25, 0.3) is 0 Å². The van der Waals surface area contributed by atoms with Crippen LogP contribution in [0.15, 0.2) is 61.2 Å². The molecular weight excluding hydrogens is 355 g/mol. The van der Waals surface area contributed by atoms with E-state index in [2.05, 4.69) is 11.9 Å². The number of carbonyl (C=O) groups is 2. The highest BCUT2D eigenvalue weighted by Crippen LogP contribution is 2.22. The zero-order chi connectivity index (χ0) is 20.5. The lowest BCUT2D eigenvalue weighted by Crippen LogP contribution is -2.31. The molecule has 0 saturated heterocycles. The summed E-state index contributed by atoms with van der Waals surface area (Å²) in [5.74, 6) is -0.198. The van der Waals surface area contributed by atoms with E-state index in [9.17, 15) is 14.0 Å². The van der Waals surface area contributed by atoms with Gasteiger partial charge in [0.05, 0.1) is 13.0 Å².